The molecule has 0 amide bonds. The van der Waals surface area contributed by atoms with Crippen molar-refractivity contribution < 1.29 is 14.2 Å². The van der Waals surface area contributed by atoms with Crippen molar-refractivity contribution >= 4 is 5.69 Å². The maximum atomic E-state index is 5.53. The number of para-hydroxylation sites is 2. The Hall–Kier alpha value is -1.26. The molecule has 0 radical (unpaired) electrons. The predicted octanol–water partition coefficient (Wildman–Crippen LogP) is 1.51. The fraction of sp³-hybridized carbons (Fsp3) is 0.500. The lowest BCUT2D eigenvalue weighted by Gasteiger charge is -2.30. The lowest BCUT2D eigenvalue weighted by Crippen LogP contribution is -2.36. The van der Waals surface area contributed by atoms with E-state index < -0.39 is 0 Å². The molecule has 0 aromatic heterocycles. The number of benzene rings is 1. The number of anilines is 1. The van der Waals surface area contributed by atoms with Crippen molar-refractivity contribution in [2.24, 2.45) is 0 Å². The standard InChI is InChI=1S/C12H17NO3/c1-14-10-16-12-5-3-2-4-11(12)13-6-8-15-9-7-13/h2-5H,6-10H2,1H3. The van der Waals surface area contributed by atoms with Crippen LogP contribution in [0.15, 0.2) is 24.3 Å². The Morgan fingerprint density at radius 3 is 2.75 bits per heavy atom. The maximum absolute atomic E-state index is 5.53. The first-order valence-corrected chi connectivity index (χ1v) is 5.45. The van der Waals surface area contributed by atoms with E-state index in [1.54, 1.807) is 7.11 Å². The van der Waals surface area contributed by atoms with Gasteiger partial charge in [0.2, 0.25) is 0 Å². The van der Waals surface area contributed by atoms with Crippen LogP contribution < -0.4 is 9.64 Å². The zero-order valence-electron chi connectivity index (χ0n) is 9.52. The molecule has 1 aliphatic heterocycles. The molecule has 1 fully saturated rings. The number of morpholine rings is 1. The van der Waals surface area contributed by atoms with Gasteiger partial charge in [0, 0.05) is 20.2 Å². The molecule has 1 aromatic carbocycles. The predicted molar refractivity (Wildman–Crippen MR) is 62.0 cm³/mol. The fourth-order valence-corrected chi connectivity index (χ4v) is 1.77. The Kier molecular flexibility index (Phi) is 4.02. The van der Waals surface area contributed by atoms with Gasteiger partial charge in [0.25, 0.3) is 0 Å². The first-order chi connectivity index (χ1) is 7.92. The Labute approximate surface area is 95.7 Å². The molecule has 16 heavy (non-hydrogen) atoms. The highest BCUT2D eigenvalue weighted by Crippen LogP contribution is 2.28. The summed E-state index contributed by atoms with van der Waals surface area (Å²) in [5.41, 5.74) is 1.11. The SMILES string of the molecule is COCOc1ccccc1N1CCOCC1. The molecule has 4 nitrogen and oxygen atoms in total. The number of methoxy groups -OCH3 is 1. The largest absolute Gasteiger partial charge is 0.465 e. The van der Waals surface area contributed by atoms with E-state index in [1.165, 1.54) is 0 Å². The van der Waals surface area contributed by atoms with Gasteiger partial charge in [-0.1, -0.05) is 12.1 Å². The Morgan fingerprint density at radius 2 is 2.00 bits per heavy atom. The van der Waals surface area contributed by atoms with E-state index >= 15 is 0 Å². The van der Waals surface area contributed by atoms with E-state index in [-0.39, 0.29) is 6.79 Å². The highest BCUT2D eigenvalue weighted by Gasteiger charge is 2.14. The Bertz CT molecular complexity index is 324. The lowest BCUT2D eigenvalue weighted by atomic mass is 10.2. The monoisotopic (exact) mass is 223 g/mol. The molecule has 0 atom stereocenters. The lowest BCUT2D eigenvalue weighted by molar-refractivity contribution is 0.0511. The van der Waals surface area contributed by atoms with Crippen LogP contribution in [0.4, 0.5) is 5.69 Å². The van der Waals surface area contributed by atoms with Gasteiger partial charge in [0.15, 0.2) is 6.79 Å². The highest BCUT2D eigenvalue weighted by atomic mass is 16.7. The number of hydrogen-bond donors (Lipinski definition) is 0. The minimum absolute atomic E-state index is 0.279. The van der Waals surface area contributed by atoms with E-state index in [1.807, 2.05) is 18.2 Å². The summed E-state index contributed by atoms with van der Waals surface area (Å²) in [6.07, 6.45) is 0. The minimum Gasteiger partial charge on any atom is -0.465 e. The molecule has 0 N–H and O–H groups in total. The van der Waals surface area contributed by atoms with Crippen molar-refractivity contribution in [3.05, 3.63) is 24.3 Å². The van der Waals surface area contributed by atoms with Crippen molar-refractivity contribution in [2.75, 3.05) is 45.1 Å². The fourth-order valence-electron chi connectivity index (χ4n) is 1.77. The maximum Gasteiger partial charge on any atom is 0.188 e. The van der Waals surface area contributed by atoms with Crippen molar-refractivity contribution in [3.63, 3.8) is 0 Å². The van der Waals surface area contributed by atoms with Gasteiger partial charge >= 0.3 is 0 Å². The summed E-state index contributed by atoms with van der Waals surface area (Å²) in [5, 5.41) is 0. The third-order valence-electron chi connectivity index (χ3n) is 2.55. The Balaban J connectivity index is 2.11. The summed E-state index contributed by atoms with van der Waals surface area (Å²) in [6, 6.07) is 8.01. The van der Waals surface area contributed by atoms with Crippen LogP contribution in [0.3, 0.4) is 0 Å². The third kappa shape index (κ3) is 2.65. The molecular formula is C12H17NO3. The van der Waals surface area contributed by atoms with E-state index in [0.717, 1.165) is 37.7 Å². The van der Waals surface area contributed by atoms with Gasteiger partial charge in [-0.3, -0.25) is 0 Å². The van der Waals surface area contributed by atoms with Crippen LogP contribution in [0.25, 0.3) is 0 Å². The van der Waals surface area contributed by atoms with E-state index in [4.69, 9.17) is 14.2 Å². The molecule has 2 rings (SSSR count). The first-order valence-electron chi connectivity index (χ1n) is 5.45. The second-order valence-electron chi connectivity index (χ2n) is 3.62. The molecule has 0 saturated carbocycles. The molecule has 0 spiro atoms. The molecule has 0 bridgehead atoms. The number of rotatable bonds is 4. The van der Waals surface area contributed by atoms with Crippen molar-refractivity contribution in [2.45, 2.75) is 0 Å². The third-order valence-corrected chi connectivity index (χ3v) is 2.55. The molecule has 4 heteroatoms. The van der Waals surface area contributed by atoms with Gasteiger partial charge in [0.1, 0.15) is 5.75 Å². The van der Waals surface area contributed by atoms with Crippen LogP contribution in [-0.4, -0.2) is 40.2 Å². The van der Waals surface area contributed by atoms with E-state index in [2.05, 4.69) is 11.0 Å². The van der Waals surface area contributed by atoms with Crippen LogP contribution in [0.2, 0.25) is 0 Å². The molecule has 0 unspecified atom stereocenters. The van der Waals surface area contributed by atoms with Crippen molar-refractivity contribution in [3.8, 4) is 5.75 Å². The average Bonchev–Trinajstić information content (AvgIpc) is 2.38. The van der Waals surface area contributed by atoms with Gasteiger partial charge in [0.05, 0.1) is 18.9 Å². The molecular weight excluding hydrogens is 206 g/mol. The topological polar surface area (TPSA) is 30.9 Å². The highest BCUT2D eigenvalue weighted by molar-refractivity contribution is 5.58. The molecule has 0 aliphatic carbocycles. The summed E-state index contributed by atoms with van der Waals surface area (Å²) in [4.78, 5) is 2.27. The van der Waals surface area contributed by atoms with Gasteiger partial charge in [-0.05, 0) is 12.1 Å². The molecule has 1 heterocycles. The zero-order chi connectivity index (χ0) is 11.2. The molecule has 1 saturated heterocycles. The quantitative estimate of drug-likeness (QED) is 0.724. The van der Waals surface area contributed by atoms with Gasteiger partial charge < -0.3 is 19.1 Å². The second-order valence-corrected chi connectivity index (χ2v) is 3.62. The summed E-state index contributed by atoms with van der Waals surface area (Å²) >= 11 is 0. The van der Waals surface area contributed by atoms with Crippen LogP contribution in [0, 0.1) is 0 Å². The van der Waals surface area contributed by atoms with E-state index in [0.29, 0.717) is 0 Å². The number of nitrogens with zero attached hydrogens (tertiary/aromatic N) is 1. The number of ether oxygens (including phenoxy) is 3. The summed E-state index contributed by atoms with van der Waals surface area (Å²) in [5.74, 6) is 0.867. The average molecular weight is 223 g/mol. The number of hydrogen-bond acceptors (Lipinski definition) is 4. The summed E-state index contributed by atoms with van der Waals surface area (Å²) in [7, 11) is 1.62. The van der Waals surface area contributed by atoms with Crippen LogP contribution in [0.1, 0.15) is 0 Å². The molecule has 88 valence electrons. The minimum atomic E-state index is 0.279. The van der Waals surface area contributed by atoms with Gasteiger partial charge in [-0.2, -0.15) is 0 Å². The van der Waals surface area contributed by atoms with Gasteiger partial charge in [-0.15, -0.1) is 0 Å². The molecule has 1 aromatic rings. The van der Waals surface area contributed by atoms with Gasteiger partial charge in [-0.25, -0.2) is 0 Å². The summed E-state index contributed by atoms with van der Waals surface area (Å²) in [6.45, 7) is 3.65. The normalized spacial score (nSPS) is 16.2. The van der Waals surface area contributed by atoms with Crippen LogP contribution in [0.5, 0.6) is 5.75 Å². The summed E-state index contributed by atoms with van der Waals surface area (Å²) < 4.78 is 15.8. The first kappa shape index (κ1) is 11.2. The van der Waals surface area contributed by atoms with Crippen molar-refractivity contribution in [1.29, 1.82) is 0 Å². The Morgan fingerprint density at radius 1 is 1.25 bits per heavy atom. The van der Waals surface area contributed by atoms with Crippen LogP contribution >= 0.6 is 0 Å². The van der Waals surface area contributed by atoms with E-state index in [9.17, 15) is 0 Å². The van der Waals surface area contributed by atoms with Crippen LogP contribution in [-0.2, 0) is 9.47 Å². The molecule has 1 aliphatic rings. The second kappa shape index (κ2) is 5.72. The van der Waals surface area contributed by atoms with Crippen molar-refractivity contribution in [1.82, 2.24) is 0 Å². The smallest absolute Gasteiger partial charge is 0.188 e. The zero-order valence-corrected chi connectivity index (χ0v) is 9.52.